The Hall–Kier alpha value is -2.80. The first kappa shape index (κ1) is 26.3. The third-order valence-electron chi connectivity index (χ3n) is 6.29. The Kier molecular flexibility index (Phi) is 10.3. The molecule has 3 aromatic rings. The first-order chi connectivity index (χ1) is 17.7. The molecule has 1 aliphatic heterocycles. The SMILES string of the molecule is C=CCO[C@H]1O[C@H](COCc2ccccc2)[C@H](OCc2ccccc2)[C@H](OCc2ccccc2)[C@H]1C. The average Bonchev–Trinajstić information content (AvgIpc) is 2.93. The van der Waals surface area contributed by atoms with Crippen molar-refractivity contribution in [3.8, 4) is 0 Å². The number of hydrogen-bond acceptors (Lipinski definition) is 5. The third kappa shape index (κ3) is 7.60. The Morgan fingerprint density at radius 1 is 0.694 bits per heavy atom. The smallest absolute Gasteiger partial charge is 0.163 e. The van der Waals surface area contributed by atoms with Crippen LogP contribution in [0.3, 0.4) is 0 Å². The molecular weight excluding hydrogens is 452 g/mol. The van der Waals surface area contributed by atoms with E-state index in [1.54, 1.807) is 6.08 Å². The molecule has 5 heteroatoms. The zero-order chi connectivity index (χ0) is 25.0. The van der Waals surface area contributed by atoms with Crippen LogP contribution in [0.1, 0.15) is 23.6 Å². The van der Waals surface area contributed by atoms with Gasteiger partial charge in [0.05, 0.1) is 39.1 Å². The maximum Gasteiger partial charge on any atom is 0.163 e. The number of benzene rings is 3. The molecule has 0 spiro atoms. The molecule has 0 N–H and O–H groups in total. The van der Waals surface area contributed by atoms with Crippen molar-refractivity contribution < 1.29 is 23.7 Å². The van der Waals surface area contributed by atoms with Crippen LogP contribution in [0.5, 0.6) is 0 Å². The van der Waals surface area contributed by atoms with Crippen LogP contribution in [-0.2, 0) is 43.5 Å². The molecule has 1 fully saturated rings. The first-order valence-electron chi connectivity index (χ1n) is 12.6. The van der Waals surface area contributed by atoms with Gasteiger partial charge in [-0.3, -0.25) is 0 Å². The summed E-state index contributed by atoms with van der Waals surface area (Å²) in [6.45, 7) is 8.06. The van der Waals surface area contributed by atoms with Crippen LogP contribution in [0, 0.1) is 5.92 Å². The van der Waals surface area contributed by atoms with E-state index >= 15 is 0 Å². The molecule has 190 valence electrons. The first-order valence-corrected chi connectivity index (χ1v) is 12.6. The lowest BCUT2D eigenvalue weighted by atomic mass is 9.91. The van der Waals surface area contributed by atoms with Gasteiger partial charge in [-0.1, -0.05) is 104 Å². The van der Waals surface area contributed by atoms with Crippen molar-refractivity contribution in [2.75, 3.05) is 13.2 Å². The van der Waals surface area contributed by atoms with Gasteiger partial charge in [-0.2, -0.15) is 0 Å². The molecule has 0 unspecified atom stereocenters. The Bertz CT molecular complexity index is 1010. The predicted octanol–water partition coefficient (Wildman–Crippen LogP) is 5.94. The molecular formula is C31H36O5. The van der Waals surface area contributed by atoms with Crippen molar-refractivity contribution in [1.29, 1.82) is 0 Å². The normalized spacial score (nSPS) is 23.9. The summed E-state index contributed by atoms with van der Waals surface area (Å²) in [4.78, 5) is 0. The lowest BCUT2D eigenvalue weighted by Crippen LogP contribution is -2.57. The molecule has 5 atom stereocenters. The molecule has 1 aliphatic rings. The van der Waals surface area contributed by atoms with Gasteiger partial charge >= 0.3 is 0 Å². The highest BCUT2D eigenvalue weighted by molar-refractivity contribution is 5.15. The van der Waals surface area contributed by atoms with E-state index in [1.807, 2.05) is 54.6 Å². The molecule has 0 aliphatic carbocycles. The number of ether oxygens (including phenoxy) is 5. The van der Waals surface area contributed by atoms with E-state index in [0.717, 1.165) is 16.7 Å². The number of rotatable bonds is 13. The van der Waals surface area contributed by atoms with Crippen molar-refractivity contribution in [1.82, 2.24) is 0 Å². The average molecular weight is 489 g/mol. The minimum absolute atomic E-state index is 0.0557. The lowest BCUT2D eigenvalue weighted by molar-refractivity contribution is -0.300. The summed E-state index contributed by atoms with van der Waals surface area (Å²) in [6.07, 6.45) is 0.343. The van der Waals surface area contributed by atoms with Gasteiger partial charge in [-0.15, -0.1) is 6.58 Å². The fourth-order valence-corrected chi connectivity index (χ4v) is 4.38. The molecule has 0 bridgehead atoms. The van der Waals surface area contributed by atoms with E-state index in [0.29, 0.717) is 33.0 Å². The van der Waals surface area contributed by atoms with E-state index in [2.05, 4.69) is 49.9 Å². The van der Waals surface area contributed by atoms with Crippen LogP contribution in [0.4, 0.5) is 0 Å². The third-order valence-corrected chi connectivity index (χ3v) is 6.29. The van der Waals surface area contributed by atoms with Gasteiger partial charge in [0.25, 0.3) is 0 Å². The van der Waals surface area contributed by atoms with E-state index in [4.69, 9.17) is 23.7 Å². The van der Waals surface area contributed by atoms with Crippen LogP contribution in [-0.4, -0.2) is 37.8 Å². The molecule has 5 nitrogen and oxygen atoms in total. The molecule has 0 saturated carbocycles. The predicted molar refractivity (Wildman–Crippen MR) is 140 cm³/mol. The van der Waals surface area contributed by atoms with E-state index in [9.17, 15) is 0 Å². The highest BCUT2D eigenvalue weighted by Crippen LogP contribution is 2.32. The zero-order valence-electron chi connectivity index (χ0n) is 20.9. The largest absolute Gasteiger partial charge is 0.374 e. The highest BCUT2D eigenvalue weighted by atomic mass is 16.7. The maximum atomic E-state index is 6.52. The van der Waals surface area contributed by atoms with Crippen molar-refractivity contribution >= 4 is 0 Å². The van der Waals surface area contributed by atoms with Crippen molar-refractivity contribution in [3.63, 3.8) is 0 Å². The van der Waals surface area contributed by atoms with E-state index in [-0.39, 0.29) is 24.2 Å². The van der Waals surface area contributed by atoms with Crippen molar-refractivity contribution in [3.05, 3.63) is 120 Å². The quantitative estimate of drug-likeness (QED) is 0.279. The Morgan fingerprint density at radius 3 is 1.72 bits per heavy atom. The Morgan fingerprint density at radius 2 is 1.19 bits per heavy atom. The van der Waals surface area contributed by atoms with E-state index in [1.165, 1.54) is 0 Å². The summed E-state index contributed by atoms with van der Waals surface area (Å²) in [6, 6.07) is 30.4. The number of hydrogen-bond donors (Lipinski definition) is 0. The summed E-state index contributed by atoms with van der Waals surface area (Å²) in [5.41, 5.74) is 3.32. The fourth-order valence-electron chi connectivity index (χ4n) is 4.38. The van der Waals surface area contributed by atoms with Crippen LogP contribution in [0.15, 0.2) is 104 Å². The summed E-state index contributed by atoms with van der Waals surface area (Å²) in [5, 5.41) is 0. The maximum absolute atomic E-state index is 6.52. The second-order valence-electron chi connectivity index (χ2n) is 9.05. The molecule has 0 radical (unpaired) electrons. The van der Waals surface area contributed by atoms with Gasteiger partial charge < -0.3 is 23.7 Å². The summed E-state index contributed by atoms with van der Waals surface area (Å²) in [5.74, 6) is -0.0557. The second kappa shape index (κ2) is 14.1. The summed E-state index contributed by atoms with van der Waals surface area (Å²) < 4.78 is 31.6. The molecule has 1 saturated heterocycles. The van der Waals surface area contributed by atoms with Crippen LogP contribution < -0.4 is 0 Å². The van der Waals surface area contributed by atoms with E-state index < -0.39 is 6.29 Å². The van der Waals surface area contributed by atoms with Gasteiger partial charge in [0.2, 0.25) is 0 Å². The van der Waals surface area contributed by atoms with Gasteiger partial charge in [-0.25, -0.2) is 0 Å². The molecule has 3 aromatic carbocycles. The molecule has 0 aromatic heterocycles. The molecule has 4 rings (SSSR count). The Balaban J connectivity index is 1.51. The molecule has 1 heterocycles. The standard InChI is InChI=1S/C31H36O5/c1-3-19-33-31-24(2)29(34-21-26-15-9-5-10-16-26)30(35-22-27-17-11-6-12-18-27)28(36-31)23-32-20-25-13-7-4-8-14-25/h3-18,24,28-31H,1,19-23H2,2H3/t24-,28-,29-,30+,31+/m1/s1. The molecule has 36 heavy (non-hydrogen) atoms. The minimum atomic E-state index is -0.453. The van der Waals surface area contributed by atoms with Crippen LogP contribution >= 0.6 is 0 Å². The van der Waals surface area contributed by atoms with Gasteiger partial charge in [-0.05, 0) is 16.7 Å². The minimum Gasteiger partial charge on any atom is -0.374 e. The lowest BCUT2D eigenvalue weighted by Gasteiger charge is -2.45. The van der Waals surface area contributed by atoms with Gasteiger partial charge in [0.1, 0.15) is 12.2 Å². The van der Waals surface area contributed by atoms with Gasteiger partial charge in [0.15, 0.2) is 6.29 Å². The topological polar surface area (TPSA) is 46.2 Å². The van der Waals surface area contributed by atoms with Crippen LogP contribution in [0.2, 0.25) is 0 Å². The highest BCUT2D eigenvalue weighted by Gasteiger charge is 2.46. The van der Waals surface area contributed by atoms with Crippen LogP contribution in [0.25, 0.3) is 0 Å². The van der Waals surface area contributed by atoms with Crippen molar-refractivity contribution in [2.24, 2.45) is 5.92 Å². The monoisotopic (exact) mass is 488 g/mol. The molecule has 0 amide bonds. The van der Waals surface area contributed by atoms with Crippen molar-refractivity contribution in [2.45, 2.75) is 51.3 Å². The summed E-state index contributed by atoms with van der Waals surface area (Å²) in [7, 11) is 0. The summed E-state index contributed by atoms with van der Waals surface area (Å²) >= 11 is 0. The van der Waals surface area contributed by atoms with Gasteiger partial charge in [0, 0.05) is 5.92 Å². The Labute approximate surface area is 214 Å². The fraction of sp³-hybridized carbons (Fsp3) is 0.355. The second-order valence-corrected chi connectivity index (χ2v) is 9.05. The zero-order valence-corrected chi connectivity index (χ0v) is 20.9.